The lowest BCUT2D eigenvalue weighted by molar-refractivity contribution is 0.422. The fourth-order valence-corrected chi connectivity index (χ4v) is 1.39. The molecule has 1 heterocycles. The van der Waals surface area contributed by atoms with Crippen LogP contribution in [0.2, 0.25) is 0 Å². The maximum Gasteiger partial charge on any atom is 0.239 e. The van der Waals surface area contributed by atoms with Gasteiger partial charge in [0.25, 0.3) is 0 Å². The van der Waals surface area contributed by atoms with Gasteiger partial charge >= 0.3 is 0 Å². The number of nitrogens with zero attached hydrogens (tertiary/aromatic N) is 2. The minimum absolute atomic E-state index is 0.0854. The largest absolute Gasteiger partial charge is 0.434 e. The van der Waals surface area contributed by atoms with E-state index < -0.39 is 5.82 Å². The van der Waals surface area contributed by atoms with Crippen LogP contribution in [0.5, 0.6) is 11.6 Å². The van der Waals surface area contributed by atoms with Crippen molar-refractivity contribution in [3.05, 3.63) is 40.6 Å². The van der Waals surface area contributed by atoms with Crippen molar-refractivity contribution in [1.29, 1.82) is 0 Å². The normalized spacial score (nSPS) is 10.1. The Morgan fingerprint density at radius 3 is 2.62 bits per heavy atom. The van der Waals surface area contributed by atoms with Gasteiger partial charge in [-0.3, -0.25) is 0 Å². The van der Waals surface area contributed by atoms with Gasteiger partial charge in [0.05, 0.1) is 0 Å². The van der Waals surface area contributed by atoms with Crippen molar-refractivity contribution < 1.29 is 9.13 Å². The first-order valence-corrected chi connectivity index (χ1v) is 5.16. The van der Waals surface area contributed by atoms with Crippen LogP contribution < -0.4 is 10.5 Å². The van der Waals surface area contributed by atoms with Gasteiger partial charge in [0.1, 0.15) is 5.82 Å². The molecule has 4 nitrogen and oxygen atoms in total. The molecule has 0 unspecified atom stereocenters. The smallest absolute Gasteiger partial charge is 0.239 e. The highest BCUT2D eigenvalue weighted by Crippen LogP contribution is 2.25. The Morgan fingerprint density at radius 2 is 2.00 bits per heavy atom. The fourth-order valence-electron chi connectivity index (χ4n) is 1.06. The summed E-state index contributed by atoms with van der Waals surface area (Å²) in [7, 11) is 0. The molecule has 0 saturated carbocycles. The van der Waals surface area contributed by atoms with Crippen LogP contribution in [0.15, 0.2) is 34.8 Å². The molecule has 0 aliphatic heterocycles. The van der Waals surface area contributed by atoms with Gasteiger partial charge in [-0.25, -0.2) is 4.39 Å². The molecule has 0 amide bonds. The Labute approximate surface area is 99.4 Å². The molecule has 0 fully saturated rings. The molecule has 2 aromatic rings. The van der Waals surface area contributed by atoms with E-state index in [0.717, 1.165) is 0 Å². The van der Waals surface area contributed by atoms with E-state index in [4.69, 9.17) is 10.5 Å². The molecule has 82 valence electrons. The van der Waals surface area contributed by atoms with E-state index in [1.807, 2.05) is 0 Å². The van der Waals surface area contributed by atoms with E-state index in [0.29, 0.717) is 4.47 Å². The monoisotopic (exact) mass is 283 g/mol. The van der Waals surface area contributed by atoms with Crippen LogP contribution in [-0.2, 0) is 0 Å². The first kappa shape index (κ1) is 10.8. The van der Waals surface area contributed by atoms with E-state index in [-0.39, 0.29) is 17.4 Å². The Hall–Kier alpha value is -1.69. The number of halogens is 2. The van der Waals surface area contributed by atoms with Gasteiger partial charge < -0.3 is 10.5 Å². The van der Waals surface area contributed by atoms with Crippen LogP contribution >= 0.6 is 15.9 Å². The Bertz CT molecular complexity index is 504. The molecule has 2 rings (SSSR count). The second kappa shape index (κ2) is 4.44. The van der Waals surface area contributed by atoms with Crippen LogP contribution in [0.1, 0.15) is 0 Å². The highest BCUT2D eigenvalue weighted by Gasteiger charge is 2.06. The van der Waals surface area contributed by atoms with Crippen LogP contribution in [0.25, 0.3) is 0 Å². The van der Waals surface area contributed by atoms with E-state index in [1.165, 1.54) is 24.3 Å². The number of hydrogen-bond acceptors (Lipinski definition) is 4. The number of ether oxygens (including phenoxy) is 1. The summed E-state index contributed by atoms with van der Waals surface area (Å²) in [5.74, 6) is 0.0781. The van der Waals surface area contributed by atoms with Crippen molar-refractivity contribution in [3.63, 3.8) is 0 Å². The van der Waals surface area contributed by atoms with Crippen LogP contribution in [-0.4, -0.2) is 10.2 Å². The van der Waals surface area contributed by atoms with Gasteiger partial charge in [0.15, 0.2) is 11.6 Å². The number of anilines is 1. The summed E-state index contributed by atoms with van der Waals surface area (Å²) in [6.07, 6.45) is 0. The number of rotatable bonds is 2. The molecule has 0 aliphatic rings. The molecular formula is C10H7BrFN3O. The molecule has 0 spiro atoms. The number of nitrogens with two attached hydrogens (primary N) is 1. The average Bonchev–Trinajstić information content (AvgIpc) is 2.25. The zero-order valence-corrected chi connectivity index (χ0v) is 9.61. The summed E-state index contributed by atoms with van der Waals surface area (Å²) in [5.41, 5.74) is 5.36. The van der Waals surface area contributed by atoms with Gasteiger partial charge in [-0.2, -0.15) is 0 Å². The summed E-state index contributed by atoms with van der Waals surface area (Å²) in [5, 5.41) is 7.26. The summed E-state index contributed by atoms with van der Waals surface area (Å²) in [6.45, 7) is 0. The SMILES string of the molecule is Nc1ccc(Oc2ccc(Br)cc2F)nn1. The van der Waals surface area contributed by atoms with Crippen LogP contribution in [0, 0.1) is 5.82 Å². The van der Waals surface area contributed by atoms with Crippen LogP contribution in [0.3, 0.4) is 0 Å². The van der Waals surface area contributed by atoms with Crippen molar-refractivity contribution in [2.75, 3.05) is 5.73 Å². The van der Waals surface area contributed by atoms with E-state index in [2.05, 4.69) is 26.1 Å². The third-order valence-electron chi connectivity index (χ3n) is 1.77. The summed E-state index contributed by atoms with van der Waals surface area (Å²) in [4.78, 5) is 0. The lowest BCUT2D eigenvalue weighted by Crippen LogP contribution is -1.95. The van der Waals surface area contributed by atoms with Crippen molar-refractivity contribution >= 4 is 21.7 Å². The van der Waals surface area contributed by atoms with Gasteiger partial charge in [-0.15, -0.1) is 10.2 Å². The molecule has 1 aromatic carbocycles. The standard InChI is InChI=1S/C10H7BrFN3O/c11-6-1-2-8(7(12)5-6)16-10-4-3-9(13)14-15-10/h1-5H,(H2,13,14). The summed E-state index contributed by atoms with van der Waals surface area (Å²) in [6, 6.07) is 7.52. The van der Waals surface area contributed by atoms with E-state index in [9.17, 15) is 4.39 Å². The molecule has 0 bridgehead atoms. The second-order valence-electron chi connectivity index (χ2n) is 2.97. The second-order valence-corrected chi connectivity index (χ2v) is 3.89. The lowest BCUT2D eigenvalue weighted by Gasteiger charge is -2.05. The maximum absolute atomic E-state index is 13.4. The van der Waals surface area contributed by atoms with Crippen molar-refractivity contribution in [3.8, 4) is 11.6 Å². The summed E-state index contributed by atoms with van der Waals surface area (Å²) < 4.78 is 19.2. The van der Waals surface area contributed by atoms with Gasteiger partial charge in [-0.05, 0) is 24.3 Å². The minimum atomic E-state index is -0.479. The molecule has 2 N–H and O–H groups in total. The van der Waals surface area contributed by atoms with Gasteiger partial charge in [-0.1, -0.05) is 15.9 Å². The van der Waals surface area contributed by atoms with Gasteiger partial charge in [0.2, 0.25) is 5.88 Å². The molecule has 0 saturated heterocycles. The third-order valence-corrected chi connectivity index (χ3v) is 2.26. The van der Waals surface area contributed by atoms with Crippen molar-refractivity contribution in [1.82, 2.24) is 10.2 Å². The number of aromatic nitrogens is 2. The lowest BCUT2D eigenvalue weighted by atomic mass is 10.3. The van der Waals surface area contributed by atoms with Crippen molar-refractivity contribution in [2.24, 2.45) is 0 Å². The fraction of sp³-hybridized carbons (Fsp3) is 0. The molecule has 1 aromatic heterocycles. The quantitative estimate of drug-likeness (QED) is 0.921. The highest BCUT2D eigenvalue weighted by atomic mass is 79.9. The number of hydrogen-bond donors (Lipinski definition) is 1. The first-order valence-electron chi connectivity index (χ1n) is 4.37. The third kappa shape index (κ3) is 2.46. The zero-order chi connectivity index (χ0) is 11.5. The molecule has 16 heavy (non-hydrogen) atoms. The average molecular weight is 284 g/mol. The Balaban J connectivity index is 2.23. The van der Waals surface area contributed by atoms with E-state index in [1.54, 1.807) is 6.07 Å². The molecule has 0 aliphatic carbocycles. The molecular weight excluding hydrogens is 277 g/mol. The minimum Gasteiger partial charge on any atom is -0.434 e. The topological polar surface area (TPSA) is 61.0 Å². The molecule has 6 heteroatoms. The maximum atomic E-state index is 13.4. The van der Waals surface area contributed by atoms with E-state index >= 15 is 0 Å². The number of benzene rings is 1. The first-order chi connectivity index (χ1) is 7.65. The zero-order valence-electron chi connectivity index (χ0n) is 8.02. The predicted molar refractivity (Wildman–Crippen MR) is 60.6 cm³/mol. The predicted octanol–water partition coefficient (Wildman–Crippen LogP) is 2.75. The Kier molecular flexibility index (Phi) is 3.00. The molecule has 0 radical (unpaired) electrons. The van der Waals surface area contributed by atoms with Crippen molar-refractivity contribution in [2.45, 2.75) is 0 Å². The highest BCUT2D eigenvalue weighted by molar-refractivity contribution is 9.10. The summed E-state index contributed by atoms with van der Waals surface area (Å²) >= 11 is 3.15. The Morgan fingerprint density at radius 1 is 1.19 bits per heavy atom. The molecule has 0 atom stereocenters. The van der Waals surface area contributed by atoms with Crippen LogP contribution in [0.4, 0.5) is 10.2 Å². The number of nitrogen functional groups attached to an aromatic ring is 1. The van der Waals surface area contributed by atoms with Gasteiger partial charge in [0, 0.05) is 10.5 Å².